The highest BCUT2D eigenvalue weighted by molar-refractivity contribution is 14.1. The third-order valence-corrected chi connectivity index (χ3v) is 8.52. The Labute approximate surface area is 212 Å². The highest BCUT2D eigenvalue weighted by atomic mass is 127. The lowest BCUT2D eigenvalue weighted by Gasteiger charge is -2.33. The van der Waals surface area contributed by atoms with Crippen LogP contribution in [-0.4, -0.2) is 73.0 Å². The van der Waals surface area contributed by atoms with Crippen LogP contribution in [0.2, 0.25) is 0 Å². The average Bonchev–Trinajstić information content (AvgIpc) is 2.86. The largest absolute Gasteiger partial charge is 0.395 e. The second-order valence-electron chi connectivity index (χ2n) is 7.86. The highest BCUT2D eigenvalue weighted by Crippen LogP contribution is 2.27. The van der Waals surface area contributed by atoms with E-state index in [0.29, 0.717) is 44.0 Å². The van der Waals surface area contributed by atoms with Gasteiger partial charge >= 0.3 is 0 Å². The van der Waals surface area contributed by atoms with E-state index in [1.165, 1.54) is 28.6 Å². The van der Waals surface area contributed by atoms with Crippen LogP contribution < -0.4 is 5.32 Å². The standard InChI is InChI=1S/C24H25IN4O4S/c25-22-9-6-19(17-21(22)23-3-1-2-10-26-23)27-24(31)18-4-7-20(8-5-18)34(32,33)29-13-11-28(12-14-29)15-16-30/h1-10,17,30H,11-16H2,(H,27,31). The molecule has 1 aromatic heterocycles. The fraction of sp³-hybridized carbons (Fsp3) is 0.250. The Kier molecular flexibility index (Phi) is 7.94. The van der Waals surface area contributed by atoms with E-state index < -0.39 is 10.0 Å². The summed E-state index contributed by atoms with van der Waals surface area (Å²) >= 11 is 2.23. The minimum Gasteiger partial charge on any atom is -0.395 e. The van der Waals surface area contributed by atoms with Gasteiger partial charge in [-0.2, -0.15) is 4.31 Å². The number of hydrogen-bond donors (Lipinski definition) is 2. The second-order valence-corrected chi connectivity index (χ2v) is 11.0. The van der Waals surface area contributed by atoms with Crippen molar-refractivity contribution in [2.75, 3.05) is 44.6 Å². The fourth-order valence-electron chi connectivity index (χ4n) is 3.79. The van der Waals surface area contributed by atoms with Crippen molar-refractivity contribution < 1.29 is 18.3 Å². The van der Waals surface area contributed by atoms with Gasteiger partial charge in [-0.1, -0.05) is 6.07 Å². The first-order valence-corrected chi connectivity index (χ1v) is 13.4. The van der Waals surface area contributed by atoms with Crippen LogP contribution >= 0.6 is 22.6 Å². The van der Waals surface area contributed by atoms with Crippen molar-refractivity contribution in [3.05, 3.63) is 76.0 Å². The van der Waals surface area contributed by atoms with Gasteiger partial charge in [0.2, 0.25) is 10.0 Å². The van der Waals surface area contributed by atoms with Gasteiger partial charge in [-0.05, 0) is 77.2 Å². The zero-order valence-electron chi connectivity index (χ0n) is 18.4. The lowest BCUT2D eigenvalue weighted by molar-refractivity contribution is 0.102. The lowest BCUT2D eigenvalue weighted by atomic mass is 10.1. The molecule has 0 radical (unpaired) electrons. The van der Waals surface area contributed by atoms with Crippen molar-refractivity contribution >= 4 is 44.2 Å². The Bertz CT molecular complexity index is 1250. The number of nitrogens with one attached hydrogen (secondary N) is 1. The molecule has 4 rings (SSSR count). The fourth-order valence-corrected chi connectivity index (χ4v) is 5.82. The summed E-state index contributed by atoms with van der Waals surface area (Å²) in [5.74, 6) is -0.324. The summed E-state index contributed by atoms with van der Waals surface area (Å²) in [7, 11) is -3.64. The minimum absolute atomic E-state index is 0.0585. The molecule has 0 aliphatic carbocycles. The zero-order valence-corrected chi connectivity index (χ0v) is 21.4. The topological polar surface area (TPSA) is 103 Å². The van der Waals surface area contributed by atoms with Crippen molar-refractivity contribution in [2.24, 2.45) is 0 Å². The molecule has 2 N–H and O–H groups in total. The van der Waals surface area contributed by atoms with Gasteiger partial charge in [0.1, 0.15) is 0 Å². The number of piperazine rings is 1. The van der Waals surface area contributed by atoms with Gasteiger partial charge < -0.3 is 10.4 Å². The number of pyridine rings is 1. The summed E-state index contributed by atoms with van der Waals surface area (Å²) in [6.07, 6.45) is 1.72. The molecular formula is C24H25IN4O4S. The summed E-state index contributed by atoms with van der Waals surface area (Å²) in [4.78, 5) is 19.4. The number of anilines is 1. The molecule has 10 heteroatoms. The molecule has 1 aliphatic heterocycles. The van der Waals surface area contributed by atoms with Crippen molar-refractivity contribution in [1.29, 1.82) is 0 Å². The molecule has 1 saturated heterocycles. The minimum atomic E-state index is -3.64. The molecular weight excluding hydrogens is 567 g/mol. The first-order chi connectivity index (χ1) is 16.4. The maximum Gasteiger partial charge on any atom is 0.255 e. The number of carbonyl (C=O) groups excluding carboxylic acids is 1. The summed E-state index contributed by atoms with van der Waals surface area (Å²) in [6, 6.07) is 17.3. The third kappa shape index (κ3) is 5.63. The Balaban J connectivity index is 1.45. The molecule has 1 amide bonds. The summed E-state index contributed by atoms with van der Waals surface area (Å²) in [6.45, 7) is 2.50. The molecule has 0 unspecified atom stereocenters. The molecule has 0 bridgehead atoms. The number of rotatable bonds is 7. The number of hydrogen-bond acceptors (Lipinski definition) is 6. The van der Waals surface area contributed by atoms with Gasteiger partial charge in [-0.15, -0.1) is 0 Å². The van der Waals surface area contributed by atoms with E-state index in [-0.39, 0.29) is 17.4 Å². The Morgan fingerprint density at radius 2 is 1.76 bits per heavy atom. The molecule has 178 valence electrons. The monoisotopic (exact) mass is 592 g/mol. The van der Waals surface area contributed by atoms with Crippen LogP contribution in [0.15, 0.2) is 71.8 Å². The molecule has 34 heavy (non-hydrogen) atoms. The molecule has 8 nitrogen and oxygen atoms in total. The molecule has 1 aliphatic rings. The molecule has 3 aromatic rings. The quantitative estimate of drug-likeness (QED) is 0.410. The number of benzene rings is 2. The zero-order chi connectivity index (χ0) is 24.1. The van der Waals surface area contributed by atoms with E-state index in [2.05, 4.69) is 32.9 Å². The van der Waals surface area contributed by atoms with Gasteiger partial charge in [-0.3, -0.25) is 14.7 Å². The first-order valence-electron chi connectivity index (χ1n) is 10.8. The smallest absolute Gasteiger partial charge is 0.255 e. The lowest BCUT2D eigenvalue weighted by Crippen LogP contribution is -2.49. The maximum absolute atomic E-state index is 13.0. The molecule has 0 spiro atoms. The number of β-amino-alcohol motifs (C(OH)–C–C–N with tert-alkyl or cyclic N) is 1. The number of amides is 1. The van der Waals surface area contributed by atoms with Gasteiger partial charge in [-0.25, -0.2) is 8.42 Å². The van der Waals surface area contributed by atoms with Gasteiger partial charge in [0.05, 0.1) is 17.2 Å². The Morgan fingerprint density at radius 1 is 1.03 bits per heavy atom. The number of aliphatic hydroxyl groups is 1. The number of aromatic nitrogens is 1. The predicted molar refractivity (Wildman–Crippen MR) is 139 cm³/mol. The molecule has 0 atom stereocenters. The first kappa shape index (κ1) is 24.7. The third-order valence-electron chi connectivity index (χ3n) is 5.67. The molecule has 2 aromatic carbocycles. The van der Waals surface area contributed by atoms with Crippen molar-refractivity contribution in [2.45, 2.75) is 4.90 Å². The average molecular weight is 592 g/mol. The van der Waals surface area contributed by atoms with Gasteiger partial charge in [0, 0.05) is 59.3 Å². The number of halogens is 1. The van der Waals surface area contributed by atoms with Crippen LogP contribution in [0, 0.1) is 3.57 Å². The number of nitrogens with zero attached hydrogens (tertiary/aromatic N) is 3. The highest BCUT2D eigenvalue weighted by Gasteiger charge is 2.28. The molecule has 1 fully saturated rings. The van der Waals surface area contributed by atoms with Crippen molar-refractivity contribution in [3.8, 4) is 11.3 Å². The maximum atomic E-state index is 13.0. The van der Waals surface area contributed by atoms with Crippen LogP contribution in [0.4, 0.5) is 5.69 Å². The van der Waals surface area contributed by atoms with E-state index in [1.807, 2.05) is 41.3 Å². The molecule has 2 heterocycles. The van der Waals surface area contributed by atoms with Crippen molar-refractivity contribution in [3.63, 3.8) is 0 Å². The number of carbonyl (C=O) groups is 1. The predicted octanol–water partition coefficient (Wildman–Crippen LogP) is 2.90. The Hall–Kier alpha value is -2.38. The number of sulfonamides is 1. The summed E-state index contributed by atoms with van der Waals surface area (Å²) < 4.78 is 28.4. The summed E-state index contributed by atoms with van der Waals surface area (Å²) in [5, 5.41) is 11.9. The van der Waals surface area contributed by atoms with Crippen LogP contribution in [0.1, 0.15) is 10.4 Å². The van der Waals surface area contributed by atoms with E-state index >= 15 is 0 Å². The van der Waals surface area contributed by atoms with Crippen LogP contribution in [0.3, 0.4) is 0 Å². The SMILES string of the molecule is O=C(Nc1ccc(I)c(-c2ccccn2)c1)c1ccc(S(=O)(=O)N2CCN(CCO)CC2)cc1. The molecule has 0 saturated carbocycles. The van der Waals surface area contributed by atoms with Crippen LogP contribution in [-0.2, 0) is 10.0 Å². The van der Waals surface area contributed by atoms with Crippen molar-refractivity contribution in [1.82, 2.24) is 14.2 Å². The Morgan fingerprint density at radius 3 is 2.41 bits per heavy atom. The normalized spacial score (nSPS) is 15.2. The van der Waals surface area contributed by atoms with E-state index in [0.717, 1.165) is 14.8 Å². The number of aliphatic hydroxyl groups excluding tert-OH is 1. The van der Waals surface area contributed by atoms with Crippen LogP contribution in [0.25, 0.3) is 11.3 Å². The van der Waals surface area contributed by atoms with E-state index in [1.54, 1.807) is 6.20 Å². The van der Waals surface area contributed by atoms with Gasteiger partial charge in [0.15, 0.2) is 0 Å². The second kappa shape index (κ2) is 10.9. The summed E-state index contributed by atoms with van der Waals surface area (Å²) in [5.41, 5.74) is 2.72. The van der Waals surface area contributed by atoms with Crippen LogP contribution in [0.5, 0.6) is 0 Å². The van der Waals surface area contributed by atoms with E-state index in [4.69, 9.17) is 5.11 Å². The van der Waals surface area contributed by atoms with Gasteiger partial charge in [0.25, 0.3) is 5.91 Å². The van der Waals surface area contributed by atoms with E-state index in [9.17, 15) is 13.2 Å².